The Morgan fingerprint density at radius 3 is 2.59 bits per heavy atom. The molecule has 0 bridgehead atoms. The number of tetrazole rings is 1. The molecule has 0 saturated carbocycles. The molecule has 3 heterocycles. The molecule has 2 aromatic heterocycles. The number of anilines is 1. The molecule has 0 N–H and O–H groups in total. The van der Waals surface area contributed by atoms with Crippen molar-refractivity contribution in [3.8, 4) is 0 Å². The van der Waals surface area contributed by atoms with Crippen molar-refractivity contribution in [2.24, 2.45) is 0 Å². The highest BCUT2D eigenvalue weighted by molar-refractivity contribution is 5.49. The summed E-state index contributed by atoms with van der Waals surface area (Å²) < 4.78 is 46.0. The topological polar surface area (TPSA) is 63.2 Å². The number of hydrogen-bond donors (Lipinski definition) is 0. The third-order valence-electron chi connectivity index (χ3n) is 5.22. The predicted octanol–water partition coefficient (Wildman–Crippen LogP) is 3.22. The Labute approximate surface area is 165 Å². The number of aromatic nitrogens is 4. The van der Waals surface area contributed by atoms with Crippen molar-refractivity contribution in [1.82, 2.24) is 25.1 Å². The smallest absolute Gasteiger partial charge is 0.416 e. The van der Waals surface area contributed by atoms with E-state index in [1.807, 2.05) is 24.0 Å². The Hall–Kier alpha value is -2.88. The van der Waals surface area contributed by atoms with Gasteiger partial charge in [-0.25, -0.2) is 4.68 Å². The molecule has 0 radical (unpaired) electrons. The molecule has 7 nitrogen and oxygen atoms in total. The molecule has 0 spiro atoms. The van der Waals surface area contributed by atoms with Gasteiger partial charge in [0, 0.05) is 31.9 Å². The highest BCUT2D eigenvalue weighted by Gasteiger charge is 2.31. The van der Waals surface area contributed by atoms with Crippen LogP contribution >= 0.6 is 0 Å². The van der Waals surface area contributed by atoms with Gasteiger partial charge in [-0.15, -0.1) is 5.10 Å². The van der Waals surface area contributed by atoms with Crippen LogP contribution in [0.2, 0.25) is 0 Å². The second kappa shape index (κ2) is 7.86. The molecule has 29 heavy (non-hydrogen) atoms. The lowest BCUT2D eigenvalue weighted by Crippen LogP contribution is -2.47. The average Bonchev–Trinajstić information content (AvgIpc) is 3.40. The minimum absolute atomic E-state index is 0.0244. The lowest BCUT2D eigenvalue weighted by atomic mass is 10.1. The van der Waals surface area contributed by atoms with E-state index in [2.05, 4.69) is 20.4 Å². The summed E-state index contributed by atoms with van der Waals surface area (Å²) in [5.74, 6) is 1.49. The van der Waals surface area contributed by atoms with Crippen LogP contribution in [0.15, 0.2) is 47.1 Å². The van der Waals surface area contributed by atoms with E-state index in [1.165, 1.54) is 12.1 Å². The molecule has 1 aliphatic heterocycles. The SMILES string of the molecule is CC(c1nnnn1Cc1ccco1)N1CCN(c2cccc(C(F)(F)F)c2)CC1. The van der Waals surface area contributed by atoms with E-state index >= 15 is 0 Å². The highest BCUT2D eigenvalue weighted by Crippen LogP contribution is 2.32. The molecule has 1 atom stereocenters. The molecule has 1 unspecified atom stereocenters. The highest BCUT2D eigenvalue weighted by atomic mass is 19.4. The monoisotopic (exact) mass is 406 g/mol. The number of halogens is 3. The van der Waals surface area contributed by atoms with E-state index < -0.39 is 11.7 Å². The minimum Gasteiger partial charge on any atom is -0.467 e. The van der Waals surface area contributed by atoms with Gasteiger partial charge in [-0.05, 0) is 47.7 Å². The molecule has 10 heteroatoms. The molecule has 0 aliphatic carbocycles. The van der Waals surface area contributed by atoms with Crippen LogP contribution < -0.4 is 4.90 Å². The number of alkyl halides is 3. The van der Waals surface area contributed by atoms with Crippen LogP contribution in [-0.4, -0.2) is 51.3 Å². The molecular formula is C19H21F3N6O. The Kier molecular flexibility index (Phi) is 5.27. The van der Waals surface area contributed by atoms with Crippen LogP contribution in [0, 0.1) is 0 Å². The number of hydrogen-bond acceptors (Lipinski definition) is 6. The zero-order chi connectivity index (χ0) is 20.4. The summed E-state index contributed by atoms with van der Waals surface area (Å²) in [4.78, 5) is 4.21. The first-order chi connectivity index (χ1) is 13.9. The van der Waals surface area contributed by atoms with Crippen molar-refractivity contribution >= 4 is 5.69 Å². The van der Waals surface area contributed by atoms with Crippen LogP contribution in [0.5, 0.6) is 0 Å². The van der Waals surface area contributed by atoms with Gasteiger partial charge in [-0.1, -0.05) is 6.07 Å². The summed E-state index contributed by atoms with van der Waals surface area (Å²) in [6, 6.07) is 9.14. The number of nitrogens with zero attached hydrogens (tertiary/aromatic N) is 6. The third-order valence-corrected chi connectivity index (χ3v) is 5.22. The van der Waals surface area contributed by atoms with E-state index in [0.717, 1.165) is 17.7 Å². The van der Waals surface area contributed by atoms with E-state index in [0.29, 0.717) is 38.4 Å². The molecule has 1 aromatic carbocycles. The van der Waals surface area contributed by atoms with E-state index in [9.17, 15) is 13.2 Å². The van der Waals surface area contributed by atoms with Crippen LogP contribution in [0.4, 0.5) is 18.9 Å². The van der Waals surface area contributed by atoms with Crippen molar-refractivity contribution in [3.63, 3.8) is 0 Å². The fourth-order valence-electron chi connectivity index (χ4n) is 3.58. The van der Waals surface area contributed by atoms with Crippen molar-refractivity contribution in [3.05, 3.63) is 59.8 Å². The van der Waals surface area contributed by atoms with Crippen LogP contribution in [0.25, 0.3) is 0 Å². The fourth-order valence-corrected chi connectivity index (χ4v) is 3.58. The molecule has 4 rings (SSSR count). The van der Waals surface area contributed by atoms with Gasteiger partial charge in [0.05, 0.1) is 17.9 Å². The number of furan rings is 1. The van der Waals surface area contributed by atoms with Gasteiger partial charge in [0.2, 0.25) is 0 Å². The minimum atomic E-state index is -4.34. The lowest BCUT2D eigenvalue weighted by molar-refractivity contribution is -0.137. The summed E-state index contributed by atoms with van der Waals surface area (Å²) >= 11 is 0. The predicted molar refractivity (Wildman–Crippen MR) is 99.3 cm³/mol. The van der Waals surface area contributed by atoms with Crippen molar-refractivity contribution in [2.75, 3.05) is 31.1 Å². The first-order valence-electron chi connectivity index (χ1n) is 9.36. The van der Waals surface area contributed by atoms with Crippen molar-refractivity contribution in [1.29, 1.82) is 0 Å². The first kappa shape index (κ1) is 19.4. The maximum atomic E-state index is 13.0. The fraction of sp³-hybridized carbons (Fsp3) is 0.421. The maximum Gasteiger partial charge on any atom is 0.416 e. The van der Waals surface area contributed by atoms with E-state index in [1.54, 1.807) is 17.0 Å². The third kappa shape index (κ3) is 4.26. The Morgan fingerprint density at radius 2 is 1.90 bits per heavy atom. The lowest BCUT2D eigenvalue weighted by Gasteiger charge is -2.38. The second-order valence-corrected chi connectivity index (χ2v) is 7.02. The van der Waals surface area contributed by atoms with Crippen molar-refractivity contribution < 1.29 is 17.6 Å². The van der Waals surface area contributed by atoms with Crippen LogP contribution in [0.3, 0.4) is 0 Å². The van der Waals surface area contributed by atoms with E-state index in [-0.39, 0.29) is 6.04 Å². The average molecular weight is 406 g/mol. The van der Waals surface area contributed by atoms with Crippen molar-refractivity contribution in [2.45, 2.75) is 25.7 Å². The quantitative estimate of drug-likeness (QED) is 0.648. The van der Waals surface area contributed by atoms with Crippen LogP contribution in [-0.2, 0) is 12.7 Å². The maximum absolute atomic E-state index is 13.0. The second-order valence-electron chi connectivity index (χ2n) is 7.02. The Bertz CT molecular complexity index is 932. The van der Waals surface area contributed by atoms with Gasteiger partial charge >= 0.3 is 6.18 Å². The summed E-state index contributed by atoms with van der Waals surface area (Å²) in [5, 5.41) is 12.0. The van der Waals surface area contributed by atoms with Gasteiger partial charge in [-0.3, -0.25) is 4.90 Å². The first-order valence-corrected chi connectivity index (χ1v) is 9.36. The Morgan fingerprint density at radius 1 is 1.10 bits per heavy atom. The zero-order valence-corrected chi connectivity index (χ0v) is 15.9. The summed E-state index contributed by atoms with van der Waals surface area (Å²) in [7, 11) is 0. The van der Waals surface area contributed by atoms with Crippen LogP contribution in [0.1, 0.15) is 30.1 Å². The van der Waals surface area contributed by atoms with Gasteiger partial charge in [-0.2, -0.15) is 13.2 Å². The van der Waals surface area contributed by atoms with E-state index in [4.69, 9.17) is 4.42 Å². The summed E-state index contributed by atoms with van der Waals surface area (Å²) in [5.41, 5.74) is -0.0299. The molecule has 154 valence electrons. The molecule has 1 saturated heterocycles. The largest absolute Gasteiger partial charge is 0.467 e. The normalized spacial score (nSPS) is 16.9. The summed E-state index contributed by atoms with van der Waals surface area (Å²) in [6.45, 7) is 5.14. The zero-order valence-electron chi connectivity index (χ0n) is 15.9. The van der Waals surface area contributed by atoms with Gasteiger partial charge < -0.3 is 9.32 Å². The number of piperazine rings is 1. The number of rotatable bonds is 5. The van der Waals surface area contributed by atoms with Gasteiger partial charge in [0.1, 0.15) is 12.3 Å². The Balaban J connectivity index is 1.41. The summed E-state index contributed by atoms with van der Waals surface area (Å²) in [6.07, 6.45) is -2.73. The van der Waals surface area contributed by atoms with Gasteiger partial charge in [0.25, 0.3) is 0 Å². The standard InChI is InChI=1S/C19H21F3N6O/c1-14(18-23-24-25-28(18)13-17-6-3-11-29-17)26-7-9-27(10-8-26)16-5-2-4-15(12-16)19(20,21)22/h2-6,11-12,14H,7-10,13H2,1H3. The molecular weight excluding hydrogens is 385 g/mol. The molecule has 3 aromatic rings. The van der Waals surface area contributed by atoms with Gasteiger partial charge in [0.15, 0.2) is 5.82 Å². The molecule has 0 amide bonds. The molecule has 1 fully saturated rings. The number of benzene rings is 1. The molecule has 1 aliphatic rings.